The van der Waals surface area contributed by atoms with Gasteiger partial charge in [-0.2, -0.15) is 0 Å². The number of nitrogens with zero attached hydrogens (tertiary/aromatic N) is 1. The second-order valence-corrected chi connectivity index (χ2v) is 8.27. The van der Waals surface area contributed by atoms with Gasteiger partial charge in [0, 0.05) is 30.9 Å². The number of esters is 1. The van der Waals surface area contributed by atoms with E-state index in [2.05, 4.69) is 10.2 Å². The molecule has 0 amide bonds. The third kappa shape index (κ3) is 6.26. The van der Waals surface area contributed by atoms with Gasteiger partial charge in [0.2, 0.25) is 0 Å². The molecule has 7 nitrogen and oxygen atoms in total. The highest BCUT2D eigenvalue weighted by Gasteiger charge is 2.20. The Hall–Kier alpha value is -3.78. The smallest absolute Gasteiger partial charge is 0.340 e. The maximum atomic E-state index is 13.2. The molecule has 0 radical (unpaired) electrons. The van der Waals surface area contributed by atoms with E-state index in [4.69, 9.17) is 18.9 Å². The van der Waals surface area contributed by atoms with E-state index >= 15 is 0 Å². The van der Waals surface area contributed by atoms with Gasteiger partial charge >= 0.3 is 5.97 Å². The first-order valence-electron chi connectivity index (χ1n) is 12.0. The van der Waals surface area contributed by atoms with Crippen LogP contribution in [0, 0.1) is 5.82 Å². The zero-order valence-electron chi connectivity index (χ0n) is 20.6. The normalized spacial score (nSPS) is 13.2. The SMILES string of the molecule is CCOC(=O)c1cc(NCc2cccc(OC)c2OCc2ccc(F)cc2)ccc1N1CCOCC1. The second kappa shape index (κ2) is 12.3. The molecule has 1 aliphatic rings. The van der Waals surface area contributed by atoms with Gasteiger partial charge in [-0.05, 0) is 48.9 Å². The van der Waals surface area contributed by atoms with E-state index in [1.807, 2.05) is 36.4 Å². The van der Waals surface area contributed by atoms with Crippen molar-refractivity contribution in [2.24, 2.45) is 0 Å². The quantitative estimate of drug-likeness (QED) is 0.396. The molecule has 3 aromatic rings. The average Bonchev–Trinajstić information content (AvgIpc) is 2.92. The van der Waals surface area contributed by atoms with E-state index in [1.165, 1.54) is 12.1 Å². The van der Waals surface area contributed by atoms with E-state index in [0.29, 0.717) is 43.4 Å². The molecule has 0 atom stereocenters. The van der Waals surface area contributed by atoms with E-state index < -0.39 is 0 Å². The Balaban J connectivity index is 1.53. The lowest BCUT2D eigenvalue weighted by atomic mass is 10.1. The minimum Gasteiger partial charge on any atom is -0.493 e. The molecule has 1 N–H and O–H groups in total. The van der Waals surface area contributed by atoms with Crippen molar-refractivity contribution in [2.75, 3.05) is 50.2 Å². The molecule has 0 aliphatic carbocycles. The molecule has 0 saturated carbocycles. The number of anilines is 2. The first kappa shape index (κ1) is 25.3. The lowest BCUT2D eigenvalue weighted by Crippen LogP contribution is -2.37. The maximum Gasteiger partial charge on any atom is 0.340 e. The highest BCUT2D eigenvalue weighted by molar-refractivity contribution is 5.97. The lowest BCUT2D eigenvalue weighted by Gasteiger charge is -2.30. The molecule has 190 valence electrons. The minimum atomic E-state index is -0.354. The fraction of sp³-hybridized carbons (Fsp3) is 0.321. The van der Waals surface area contributed by atoms with Crippen LogP contribution in [-0.2, 0) is 22.6 Å². The summed E-state index contributed by atoms with van der Waals surface area (Å²) in [4.78, 5) is 14.9. The number of carbonyl (C=O) groups excluding carboxylic acids is 1. The largest absolute Gasteiger partial charge is 0.493 e. The van der Waals surface area contributed by atoms with Crippen LogP contribution in [0.2, 0.25) is 0 Å². The van der Waals surface area contributed by atoms with Crippen molar-refractivity contribution in [3.63, 3.8) is 0 Å². The highest BCUT2D eigenvalue weighted by atomic mass is 19.1. The number of halogens is 1. The molecule has 0 spiro atoms. The summed E-state index contributed by atoms with van der Waals surface area (Å²) >= 11 is 0. The molecule has 4 rings (SSSR count). The van der Waals surface area contributed by atoms with E-state index in [1.54, 1.807) is 26.2 Å². The molecule has 1 fully saturated rings. The Morgan fingerprint density at radius 2 is 1.86 bits per heavy atom. The van der Waals surface area contributed by atoms with Gasteiger partial charge in [-0.25, -0.2) is 9.18 Å². The molecule has 0 bridgehead atoms. The fourth-order valence-corrected chi connectivity index (χ4v) is 4.06. The van der Waals surface area contributed by atoms with Crippen LogP contribution >= 0.6 is 0 Å². The number of hydrogen-bond acceptors (Lipinski definition) is 7. The molecular formula is C28H31FN2O5. The molecule has 36 heavy (non-hydrogen) atoms. The molecule has 0 unspecified atom stereocenters. The number of nitrogens with one attached hydrogen (secondary N) is 1. The second-order valence-electron chi connectivity index (χ2n) is 8.27. The van der Waals surface area contributed by atoms with E-state index in [9.17, 15) is 9.18 Å². The van der Waals surface area contributed by atoms with E-state index in [-0.39, 0.29) is 18.4 Å². The van der Waals surface area contributed by atoms with Gasteiger partial charge in [0.05, 0.1) is 38.2 Å². The van der Waals surface area contributed by atoms with Crippen molar-refractivity contribution in [2.45, 2.75) is 20.1 Å². The minimum absolute atomic E-state index is 0.273. The van der Waals surface area contributed by atoms with Crippen LogP contribution < -0.4 is 19.7 Å². The summed E-state index contributed by atoms with van der Waals surface area (Å²) < 4.78 is 35.6. The zero-order chi connectivity index (χ0) is 25.3. The number of carbonyl (C=O) groups is 1. The summed E-state index contributed by atoms with van der Waals surface area (Å²) in [6.07, 6.45) is 0. The number of ether oxygens (including phenoxy) is 4. The Labute approximate surface area is 210 Å². The van der Waals surface area contributed by atoms with Gasteiger partial charge in [-0.3, -0.25) is 0 Å². The Morgan fingerprint density at radius 1 is 1.08 bits per heavy atom. The van der Waals surface area contributed by atoms with Crippen LogP contribution in [0.5, 0.6) is 11.5 Å². The summed E-state index contributed by atoms with van der Waals surface area (Å²) in [5.41, 5.74) is 3.86. The van der Waals surface area contributed by atoms with E-state index in [0.717, 1.165) is 35.6 Å². The molecule has 0 aromatic heterocycles. The summed E-state index contributed by atoms with van der Waals surface area (Å²) in [5.74, 6) is 0.564. The average molecular weight is 495 g/mol. The van der Waals surface area contributed by atoms with Gasteiger partial charge in [0.15, 0.2) is 11.5 Å². The topological polar surface area (TPSA) is 69.3 Å². The Kier molecular flexibility index (Phi) is 8.62. The van der Waals surface area contributed by atoms with Gasteiger partial charge < -0.3 is 29.2 Å². The number of para-hydroxylation sites is 1. The van der Waals surface area contributed by atoms with Crippen molar-refractivity contribution in [1.29, 1.82) is 0 Å². The predicted molar refractivity (Wildman–Crippen MR) is 136 cm³/mol. The summed E-state index contributed by atoms with van der Waals surface area (Å²) in [6, 6.07) is 17.6. The van der Waals surface area contributed by atoms with Crippen LogP contribution in [0.1, 0.15) is 28.4 Å². The highest BCUT2D eigenvalue weighted by Crippen LogP contribution is 2.33. The number of methoxy groups -OCH3 is 1. The first-order chi connectivity index (χ1) is 17.6. The molecule has 1 saturated heterocycles. The van der Waals surface area contributed by atoms with Crippen LogP contribution in [0.15, 0.2) is 60.7 Å². The standard InChI is InChI=1S/C28H31FN2O5/c1-3-35-28(32)24-17-23(11-12-25(24)31-13-15-34-16-14-31)30-18-21-5-4-6-26(33-2)27(21)36-19-20-7-9-22(29)10-8-20/h4-12,17,30H,3,13-16,18-19H2,1-2H3. The van der Waals surface area contributed by atoms with Gasteiger partial charge in [-0.15, -0.1) is 0 Å². The number of morpholine rings is 1. The summed E-state index contributed by atoms with van der Waals surface area (Å²) in [6.45, 7) is 5.50. The van der Waals surface area contributed by atoms with Crippen molar-refractivity contribution in [3.8, 4) is 11.5 Å². The predicted octanol–water partition coefficient (Wildman–Crippen LogP) is 5.04. The third-order valence-corrected chi connectivity index (χ3v) is 5.90. The molecule has 1 aliphatic heterocycles. The van der Waals surface area contributed by atoms with Gasteiger partial charge in [0.1, 0.15) is 12.4 Å². The molecule has 1 heterocycles. The number of hydrogen-bond donors (Lipinski definition) is 1. The van der Waals surface area contributed by atoms with Crippen LogP contribution in [-0.4, -0.2) is 46.0 Å². The maximum absolute atomic E-state index is 13.2. The molecular weight excluding hydrogens is 463 g/mol. The Bertz CT molecular complexity index is 1160. The molecule has 3 aromatic carbocycles. The lowest BCUT2D eigenvalue weighted by molar-refractivity contribution is 0.0526. The Morgan fingerprint density at radius 3 is 2.58 bits per heavy atom. The van der Waals surface area contributed by atoms with Crippen LogP contribution in [0.25, 0.3) is 0 Å². The fourth-order valence-electron chi connectivity index (χ4n) is 4.06. The number of rotatable bonds is 10. The van der Waals surface area contributed by atoms with Crippen LogP contribution in [0.3, 0.4) is 0 Å². The van der Waals surface area contributed by atoms with Gasteiger partial charge in [-0.1, -0.05) is 24.3 Å². The van der Waals surface area contributed by atoms with Crippen molar-refractivity contribution in [3.05, 3.63) is 83.2 Å². The first-order valence-corrected chi connectivity index (χ1v) is 12.0. The summed E-state index contributed by atoms with van der Waals surface area (Å²) in [5, 5.41) is 3.39. The molecule has 8 heteroatoms. The van der Waals surface area contributed by atoms with Crippen molar-refractivity contribution in [1.82, 2.24) is 0 Å². The van der Waals surface area contributed by atoms with Gasteiger partial charge in [0.25, 0.3) is 0 Å². The monoisotopic (exact) mass is 494 g/mol. The number of benzene rings is 3. The zero-order valence-corrected chi connectivity index (χ0v) is 20.6. The summed E-state index contributed by atoms with van der Waals surface area (Å²) in [7, 11) is 1.59. The third-order valence-electron chi connectivity index (χ3n) is 5.90. The van der Waals surface area contributed by atoms with Crippen LogP contribution in [0.4, 0.5) is 15.8 Å². The van der Waals surface area contributed by atoms with Crippen molar-refractivity contribution < 1.29 is 28.1 Å². The van der Waals surface area contributed by atoms with Crippen molar-refractivity contribution >= 4 is 17.3 Å².